The summed E-state index contributed by atoms with van der Waals surface area (Å²) in [4.78, 5) is 0. The zero-order valence-corrected chi connectivity index (χ0v) is 9.58. The van der Waals surface area contributed by atoms with Gasteiger partial charge < -0.3 is 4.43 Å². The van der Waals surface area contributed by atoms with Crippen LogP contribution in [0.15, 0.2) is 23.8 Å². The van der Waals surface area contributed by atoms with Crippen LogP contribution in [0.2, 0.25) is 5.54 Å². The summed E-state index contributed by atoms with van der Waals surface area (Å²) in [5.41, 5.74) is 2.46. The molecule has 13 heavy (non-hydrogen) atoms. The fourth-order valence-electron chi connectivity index (χ4n) is 2.13. The van der Waals surface area contributed by atoms with E-state index in [1.807, 2.05) is 0 Å². The van der Waals surface area contributed by atoms with Gasteiger partial charge in [0.25, 0.3) is 0 Å². The van der Waals surface area contributed by atoms with Gasteiger partial charge in [-0.25, -0.2) is 0 Å². The fourth-order valence-corrected chi connectivity index (χ4v) is 3.76. The highest BCUT2D eigenvalue weighted by Gasteiger charge is 2.15. The molecular formula is C11H18OSi. The monoisotopic (exact) mass is 194 g/mol. The maximum absolute atomic E-state index is 5.83. The summed E-state index contributed by atoms with van der Waals surface area (Å²) in [5.74, 6) is 0. The van der Waals surface area contributed by atoms with Gasteiger partial charge >= 0.3 is 0 Å². The Labute approximate surface area is 82.8 Å². The first-order valence-corrected chi connectivity index (χ1v) is 6.77. The van der Waals surface area contributed by atoms with Crippen LogP contribution in [0.3, 0.4) is 0 Å². The molecule has 0 N–H and O–H groups in total. The molecule has 1 saturated carbocycles. The van der Waals surface area contributed by atoms with Crippen LogP contribution >= 0.6 is 0 Å². The van der Waals surface area contributed by atoms with E-state index < -0.39 is 0 Å². The third-order valence-electron chi connectivity index (χ3n) is 2.96. The molecule has 1 fully saturated rings. The highest BCUT2D eigenvalue weighted by Crippen LogP contribution is 2.29. The molecule has 0 aromatic heterocycles. The summed E-state index contributed by atoms with van der Waals surface area (Å²) in [7, 11) is -0.215. The molecule has 0 atom stereocenters. The van der Waals surface area contributed by atoms with E-state index in [1.165, 1.54) is 31.3 Å². The summed E-state index contributed by atoms with van der Waals surface area (Å²) >= 11 is 0. The van der Waals surface area contributed by atoms with Gasteiger partial charge in [-0.2, -0.15) is 0 Å². The smallest absolute Gasteiger partial charge is 0.165 e. The Kier molecular flexibility index (Phi) is 3.38. The fraction of sp³-hybridized carbons (Fsp3) is 0.636. The lowest BCUT2D eigenvalue weighted by Gasteiger charge is -2.09. The molecule has 2 aliphatic carbocycles. The van der Waals surface area contributed by atoms with Gasteiger partial charge in [0.2, 0.25) is 0 Å². The van der Waals surface area contributed by atoms with Crippen molar-refractivity contribution in [2.24, 2.45) is 0 Å². The second-order valence-corrected chi connectivity index (χ2v) is 6.02. The summed E-state index contributed by atoms with van der Waals surface area (Å²) in [6.07, 6.45) is 13.5. The third-order valence-corrected chi connectivity index (χ3v) is 4.69. The van der Waals surface area contributed by atoms with Crippen LogP contribution in [0.5, 0.6) is 0 Å². The maximum Gasteiger partial charge on any atom is 0.165 e. The van der Waals surface area contributed by atoms with Crippen LogP contribution in [0, 0.1) is 0 Å². The average molecular weight is 194 g/mol. The van der Waals surface area contributed by atoms with Crippen LogP contribution in [-0.4, -0.2) is 16.4 Å². The van der Waals surface area contributed by atoms with E-state index in [9.17, 15) is 0 Å². The van der Waals surface area contributed by atoms with Gasteiger partial charge in [0.1, 0.15) is 0 Å². The molecule has 0 unspecified atom stereocenters. The number of rotatable bonds is 4. The van der Waals surface area contributed by atoms with E-state index in [0.717, 1.165) is 18.6 Å². The van der Waals surface area contributed by atoms with Gasteiger partial charge in [-0.15, -0.1) is 0 Å². The van der Waals surface area contributed by atoms with Gasteiger partial charge in [-0.1, -0.05) is 43.9 Å². The van der Waals surface area contributed by atoms with E-state index in [-0.39, 0.29) is 9.76 Å². The largest absolute Gasteiger partial charge is 0.420 e. The molecule has 0 bridgehead atoms. The molecule has 72 valence electrons. The molecule has 0 aromatic rings. The second kappa shape index (κ2) is 4.77. The van der Waals surface area contributed by atoms with E-state index in [0.29, 0.717) is 0 Å². The topological polar surface area (TPSA) is 9.23 Å². The van der Waals surface area contributed by atoms with Crippen LogP contribution in [0.4, 0.5) is 0 Å². The summed E-state index contributed by atoms with van der Waals surface area (Å²) in [6, 6.07) is 0. The predicted octanol–water partition coefficient (Wildman–Crippen LogP) is 2.34. The molecular weight excluding hydrogens is 176 g/mol. The highest BCUT2D eigenvalue weighted by atomic mass is 28.2. The van der Waals surface area contributed by atoms with Crippen molar-refractivity contribution in [2.45, 2.75) is 37.6 Å². The van der Waals surface area contributed by atoms with Crippen LogP contribution in [0.25, 0.3) is 0 Å². The average Bonchev–Trinajstić information content (AvgIpc) is 2.75. The lowest BCUT2D eigenvalue weighted by Crippen LogP contribution is -2.07. The SMILES string of the molecule is C1=CCC(CO[SiH2]C2CCCC2)=C1. The van der Waals surface area contributed by atoms with E-state index in [4.69, 9.17) is 4.43 Å². The van der Waals surface area contributed by atoms with Gasteiger partial charge in [0, 0.05) is 0 Å². The van der Waals surface area contributed by atoms with Crippen molar-refractivity contribution < 1.29 is 4.43 Å². The van der Waals surface area contributed by atoms with Crippen molar-refractivity contribution in [3.63, 3.8) is 0 Å². The van der Waals surface area contributed by atoms with E-state index >= 15 is 0 Å². The zero-order chi connectivity index (χ0) is 8.93. The Bertz CT molecular complexity index is 214. The maximum atomic E-state index is 5.83. The Balaban J connectivity index is 1.58. The molecule has 2 rings (SSSR count). The minimum atomic E-state index is -0.215. The van der Waals surface area contributed by atoms with Crippen molar-refractivity contribution >= 4 is 9.76 Å². The third kappa shape index (κ3) is 2.81. The minimum Gasteiger partial charge on any atom is -0.420 e. The van der Waals surface area contributed by atoms with E-state index in [2.05, 4.69) is 18.2 Å². The molecule has 0 radical (unpaired) electrons. The van der Waals surface area contributed by atoms with Crippen molar-refractivity contribution in [1.82, 2.24) is 0 Å². The standard InChI is InChI=1S/C11H18OSi/c1-2-6-10(5-1)9-12-13-11-7-3-4-8-11/h1-2,5,11H,3-4,6-9,13H2. The zero-order valence-electron chi connectivity index (χ0n) is 8.17. The molecule has 2 heteroatoms. The molecule has 0 aliphatic heterocycles. The molecule has 0 heterocycles. The predicted molar refractivity (Wildman–Crippen MR) is 58.6 cm³/mol. The summed E-state index contributed by atoms with van der Waals surface area (Å²) < 4.78 is 5.83. The van der Waals surface area contributed by atoms with Crippen LogP contribution < -0.4 is 0 Å². The Morgan fingerprint density at radius 3 is 2.92 bits per heavy atom. The first kappa shape index (κ1) is 9.22. The van der Waals surface area contributed by atoms with E-state index in [1.54, 1.807) is 0 Å². The molecule has 1 nitrogen and oxygen atoms in total. The number of hydrogen-bond donors (Lipinski definition) is 0. The van der Waals surface area contributed by atoms with Gasteiger partial charge in [0.15, 0.2) is 9.76 Å². The van der Waals surface area contributed by atoms with Crippen molar-refractivity contribution in [2.75, 3.05) is 6.61 Å². The van der Waals surface area contributed by atoms with Gasteiger partial charge in [-0.05, 0) is 17.5 Å². The molecule has 0 spiro atoms. The Hall–Kier alpha value is -0.343. The van der Waals surface area contributed by atoms with Crippen LogP contribution in [-0.2, 0) is 4.43 Å². The molecule has 2 aliphatic rings. The lowest BCUT2D eigenvalue weighted by atomic mass is 10.3. The van der Waals surface area contributed by atoms with Gasteiger partial charge in [0.05, 0.1) is 6.61 Å². The number of hydrogen-bond acceptors (Lipinski definition) is 1. The summed E-state index contributed by atoms with van der Waals surface area (Å²) in [5, 5.41) is 0. The minimum absolute atomic E-state index is 0.215. The molecule has 0 saturated heterocycles. The van der Waals surface area contributed by atoms with Crippen molar-refractivity contribution in [1.29, 1.82) is 0 Å². The summed E-state index contributed by atoms with van der Waals surface area (Å²) in [6.45, 7) is 0.912. The number of allylic oxidation sites excluding steroid dienone is 3. The normalized spacial score (nSPS) is 23.5. The Morgan fingerprint density at radius 2 is 2.23 bits per heavy atom. The first-order valence-electron chi connectivity index (χ1n) is 5.37. The van der Waals surface area contributed by atoms with Gasteiger partial charge in [-0.3, -0.25) is 0 Å². The van der Waals surface area contributed by atoms with Crippen molar-refractivity contribution in [3.8, 4) is 0 Å². The van der Waals surface area contributed by atoms with Crippen LogP contribution in [0.1, 0.15) is 32.1 Å². The Morgan fingerprint density at radius 1 is 1.38 bits per heavy atom. The van der Waals surface area contributed by atoms with Crippen molar-refractivity contribution in [3.05, 3.63) is 23.8 Å². The lowest BCUT2D eigenvalue weighted by molar-refractivity contribution is 0.362. The highest BCUT2D eigenvalue weighted by molar-refractivity contribution is 6.29. The molecule has 0 amide bonds. The molecule has 0 aromatic carbocycles. The quantitative estimate of drug-likeness (QED) is 0.624. The first-order chi connectivity index (χ1) is 6.45. The second-order valence-electron chi connectivity index (χ2n) is 4.12.